The number of hydrogen-bond donors (Lipinski definition) is 3. The molecule has 1 aliphatic heterocycles. The summed E-state index contributed by atoms with van der Waals surface area (Å²) in [5.41, 5.74) is -0.761. The number of nitrogens with zero attached hydrogens (tertiary/aromatic N) is 1. The number of alkyl carbamates (subject to hydrolysis) is 1. The molecule has 4 amide bonds. The Morgan fingerprint density at radius 3 is 2.18 bits per heavy atom. The summed E-state index contributed by atoms with van der Waals surface area (Å²) in [6.45, 7) is 12.6. The van der Waals surface area contributed by atoms with Crippen molar-refractivity contribution in [2.45, 2.75) is 101 Å². The molecule has 2 aromatic rings. The second-order valence-electron chi connectivity index (χ2n) is 15.0. The van der Waals surface area contributed by atoms with Crippen LogP contribution in [-0.4, -0.2) is 79.3 Å². The standard InChI is InChI=1S/C38H50N4O8S/c1-8-24(3)31(39-35(46)50-36(4,5)6)33(44)42-23-37(49-7,28-17-15-26(16-18-28)25-13-11-10-12-14-25)22-30(42)32(43)40-38(21-27(38)9-2)34(45)41-51(47,48)29-19-20-29/h9-18,24,27,29-31H,2,8,19-23H2,1,3-7H3,(H,39,46)(H,40,43)(H,41,45)/t24-,27+,30-,31?,37-,38+/m0/s1. The second kappa shape index (κ2) is 14.4. The van der Waals surface area contributed by atoms with E-state index < -0.39 is 73.8 Å². The number of amides is 4. The topological polar surface area (TPSA) is 160 Å². The monoisotopic (exact) mass is 722 g/mol. The van der Waals surface area contributed by atoms with Gasteiger partial charge in [-0.25, -0.2) is 13.2 Å². The van der Waals surface area contributed by atoms with Crippen molar-refractivity contribution in [1.29, 1.82) is 0 Å². The average molecular weight is 723 g/mol. The third kappa shape index (κ3) is 8.14. The molecule has 0 bridgehead atoms. The fraction of sp³-hybridized carbons (Fsp3) is 0.526. The van der Waals surface area contributed by atoms with Gasteiger partial charge >= 0.3 is 6.09 Å². The van der Waals surface area contributed by atoms with Crippen LogP contribution in [0.3, 0.4) is 0 Å². The lowest BCUT2D eigenvalue weighted by atomic mass is 9.89. The highest BCUT2D eigenvalue weighted by Crippen LogP contribution is 2.46. The minimum absolute atomic E-state index is 0.0300. The molecular formula is C38H50N4O8S. The van der Waals surface area contributed by atoms with E-state index >= 15 is 0 Å². The summed E-state index contributed by atoms with van der Waals surface area (Å²) in [7, 11) is -2.37. The summed E-state index contributed by atoms with van der Waals surface area (Å²) in [6.07, 6.45) is 2.39. The molecule has 3 aliphatic rings. The van der Waals surface area contributed by atoms with Crippen molar-refractivity contribution in [3.8, 4) is 11.1 Å². The molecule has 1 heterocycles. The number of carbonyl (C=O) groups is 4. The number of hydrogen-bond acceptors (Lipinski definition) is 8. The lowest BCUT2D eigenvalue weighted by Gasteiger charge is -2.33. The Hall–Kier alpha value is -4.23. The number of ether oxygens (including phenoxy) is 2. The predicted molar refractivity (Wildman–Crippen MR) is 193 cm³/mol. The smallest absolute Gasteiger partial charge is 0.408 e. The van der Waals surface area contributed by atoms with E-state index in [0.717, 1.165) is 16.7 Å². The molecule has 3 N–H and O–H groups in total. The molecule has 0 radical (unpaired) electrons. The maximum absolute atomic E-state index is 14.6. The third-order valence-corrected chi connectivity index (χ3v) is 12.0. The van der Waals surface area contributed by atoms with Gasteiger partial charge in [0.15, 0.2) is 0 Å². The normalized spacial score (nSPS) is 25.6. The fourth-order valence-corrected chi connectivity index (χ4v) is 8.09. The molecule has 3 fully saturated rings. The molecule has 5 rings (SSSR count). The molecule has 13 heteroatoms. The third-order valence-electron chi connectivity index (χ3n) is 10.2. The van der Waals surface area contributed by atoms with E-state index in [4.69, 9.17) is 9.47 Å². The molecule has 0 aromatic heterocycles. The molecule has 2 saturated carbocycles. The van der Waals surface area contributed by atoms with Crippen molar-refractivity contribution in [3.63, 3.8) is 0 Å². The first-order valence-corrected chi connectivity index (χ1v) is 19.1. The van der Waals surface area contributed by atoms with E-state index in [1.807, 2.05) is 68.4 Å². The van der Waals surface area contributed by atoms with Crippen LogP contribution in [0, 0.1) is 11.8 Å². The summed E-state index contributed by atoms with van der Waals surface area (Å²) in [5, 5.41) is 4.93. The lowest BCUT2D eigenvalue weighted by molar-refractivity contribution is -0.142. The number of methoxy groups -OCH3 is 1. The first-order chi connectivity index (χ1) is 24.0. The summed E-state index contributed by atoms with van der Waals surface area (Å²) in [6, 6.07) is 15.4. The summed E-state index contributed by atoms with van der Waals surface area (Å²) in [5.74, 6) is -2.84. The molecule has 0 spiro atoms. The zero-order valence-electron chi connectivity index (χ0n) is 30.2. The molecule has 276 valence electrons. The Labute approximate surface area is 300 Å². The van der Waals surface area contributed by atoms with Gasteiger partial charge in [-0.2, -0.15) is 0 Å². The highest BCUT2D eigenvalue weighted by Gasteiger charge is 2.62. The number of sulfonamides is 1. The van der Waals surface area contributed by atoms with Crippen LogP contribution >= 0.6 is 0 Å². The minimum Gasteiger partial charge on any atom is -0.444 e. The summed E-state index contributed by atoms with van der Waals surface area (Å²) < 4.78 is 39.3. The second-order valence-corrected chi connectivity index (χ2v) is 17.0. The van der Waals surface area contributed by atoms with Crippen LogP contribution in [0.25, 0.3) is 11.1 Å². The van der Waals surface area contributed by atoms with Gasteiger partial charge in [-0.15, -0.1) is 6.58 Å². The van der Waals surface area contributed by atoms with Gasteiger partial charge in [0.05, 0.1) is 11.8 Å². The molecule has 1 saturated heterocycles. The van der Waals surface area contributed by atoms with Gasteiger partial charge in [0.25, 0.3) is 5.91 Å². The zero-order valence-corrected chi connectivity index (χ0v) is 31.0. The van der Waals surface area contributed by atoms with Crippen LogP contribution in [0.15, 0.2) is 67.3 Å². The Balaban J connectivity index is 1.49. The van der Waals surface area contributed by atoms with Crippen LogP contribution in [0.1, 0.15) is 72.3 Å². The van der Waals surface area contributed by atoms with E-state index in [-0.39, 0.29) is 25.3 Å². The fourth-order valence-electron chi connectivity index (χ4n) is 6.73. The van der Waals surface area contributed by atoms with Gasteiger partial charge in [-0.3, -0.25) is 19.1 Å². The predicted octanol–water partition coefficient (Wildman–Crippen LogP) is 4.40. The van der Waals surface area contributed by atoms with Gasteiger partial charge in [0, 0.05) is 19.4 Å². The highest BCUT2D eigenvalue weighted by atomic mass is 32.2. The van der Waals surface area contributed by atoms with Crippen molar-refractivity contribution >= 4 is 33.8 Å². The number of carbonyl (C=O) groups excluding carboxylic acids is 4. The van der Waals surface area contributed by atoms with Gasteiger partial charge < -0.3 is 25.0 Å². The Bertz CT molecular complexity index is 1760. The molecular weight excluding hydrogens is 673 g/mol. The van der Waals surface area contributed by atoms with Crippen molar-refractivity contribution in [3.05, 3.63) is 72.8 Å². The van der Waals surface area contributed by atoms with E-state index in [0.29, 0.717) is 19.3 Å². The first-order valence-electron chi connectivity index (χ1n) is 17.5. The van der Waals surface area contributed by atoms with Crippen LogP contribution in [0.2, 0.25) is 0 Å². The average Bonchev–Trinajstić information content (AvgIpc) is 4.03. The van der Waals surface area contributed by atoms with Gasteiger partial charge in [-0.1, -0.05) is 80.9 Å². The van der Waals surface area contributed by atoms with Gasteiger partial charge in [-0.05, 0) is 62.6 Å². The highest BCUT2D eigenvalue weighted by molar-refractivity contribution is 7.91. The number of benzene rings is 2. The maximum Gasteiger partial charge on any atom is 0.408 e. The van der Waals surface area contributed by atoms with E-state index in [1.54, 1.807) is 20.8 Å². The largest absolute Gasteiger partial charge is 0.444 e. The maximum atomic E-state index is 14.6. The van der Waals surface area contributed by atoms with Gasteiger partial charge in [0.1, 0.15) is 28.8 Å². The van der Waals surface area contributed by atoms with E-state index in [1.165, 1.54) is 18.1 Å². The molecule has 51 heavy (non-hydrogen) atoms. The molecule has 1 unspecified atom stereocenters. The lowest BCUT2D eigenvalue weighted by Crippen LogP contribution is -2.59. The zero-order chi connectivity index (χ0) is 37.4. The van der Waals surface area contributed by atoms with Crippen molar-refractivity contribution in [1.82, 2.24) is 20.3 Å². The quantitative estimate of drug-likeness (QED) is 0.257. The summed E-state index contributed by atoms with van der Waals surface area (Å²) in [4.78, 5) is 56.9. The van der Waals surface area contributed by atoms with Crippen molar-refractivity contribution in [2.75, 3.05) is 13.7 Å². The first kappa shape index (κ1) is 38.0. The van der Waals surface area contributed by atoms with E-state index in [2.05, 4.69) is 21.9 Å². The number of rotatable bonds is 13. The van der Waals surface area contributed by atoms with Crippen LogP contribution in [0.4, 0.5) is 4.79 Å². The number of nitrogens with one attached hydrogen (secondary N) is 3. The van der Waals surface area contributed by atoms with Crippen molar-refractivity contribution in [2.24, 2.45) is 11.8 Å². The summed E-state index contributed by atoms with van der Waals surface area (Å²) >= 11 is 0. The number of likely N-dealkylation sites (tertiary alicyclic amines) is 1. The minimum atomic E-state index is -3.89. The molecule has 2 aromatic carbocycles. The van der Waals surface area contributed by atoms with Crippen LogP contribution in [0.5, 0.6) is 0 Å². The molecule has 12 nitrogen and oxygen atoms in total. The Morgan fingerprint density at radius 1 is 1.02 bits per heavy atom. The van der Waals surface area contributed by atoms with Crippen molar-refractivity contribution < 1.29 is 37.1 Å². The van der Waals surface area contributed by atoms with Gasteiger partial charge in [0.2, 0.25) is 21.8 Å². The Morgan fingerprint density at radius 2 is 1.65 bits per heavy atom. The van der Waals surface area contributed by atoms with Crippen LogP contribution < -0.4 is 15.4 Å². The SMILES string of the molecule is C=C[C@@H]1C[C@]1(NC(=O)[C@@H]1C[C@@](OC)(c2ccc(-c3ccccc3)cc2)CN1C(=O)C(NC(=O)OC(C)(C)C)[C@@H](C)CC)C(=O)NS(=O)(=O)C1CC1. The molecule has 6 atom stereocenters. The Kier molecular flexibility index (Phi) is 10.7. The van der Waals surface area contributed by atoms with E-state index in [9.17, 15) is 27.6 Å². The molecule has 2 aliphatic carbocycles. The van der Waals surface area contributed by atoms with Crippen LogP contribution in [-0.2, 0) is 39.5 Å².